The van der Waals surface area contributed by atoms with Crippen LogP contribution in [0, 0.1) is 5.92 Å². The minimum Gasteiger partial charge on any atom is -0.329 e. The van der Waals surface area contributed by atoms with Gasteiger partial charge in [0.15, 0.2) is 0 Å². The number of rotatable bonds is 5. The Bertz CT molecular complexity index is 159. The molecule has 0 amide bonds. The van der Waals surface area contributed by atoms with Crippen LogP contribution in [0.3, 0.4) is 0 Å². The lowest BCUT2D eigenvalue weighted by atomic mass is 10.0. The summed E-state index contributed by atoms with van der Waals surface area (Å²) in [6.45, 7) is 8.03. The van der Waals surface area contributed by atoms with Gasteiger partial charge in [-0.15, -0.1) is 0 Å². The molecule has 0 aromatic heterocycles. The minimum absolute atomic E-state index is 0.659. The number of likely N-dealkylation sites (tertiary alicyclic amines) is 1. The van der Waals surface area contributed by atoms with E-state index in [1.165, 1.54) is 51.6 Å². The predicted octanol–water partition coefficient (Wildman–Crippen LogP) is 2.63. The van der Waals surface area contributed by atoms with Crippen molar-refractivity contribution >= 4 is 0 Å². The Morgan fingerprint density at radius 2 is 2.13 bits per heavy atom. The summed E-state index contributed by atoms with van der Waals surface area (Å²) in [6, 6.07) is 0.659. The molecule has 0 spiro atoms. The van der Waals surface area contributed by atoms with Gasteiger partial charge in [-0.1, -0.05) is 33.1 Å². The first kappa shape index (κ1) is 13.0. The summed E-state index contributed by atoms with van der Waals surface area (Å²) < 4.78 is 0. The van der Waals surface area contributed by atoms with Crippen molar-refractivity contribution in [1.29, 1.82) is 0 Å². The van der Waals surface area contributed by atoms with Gasteiger partial charge in [-0.05, 0) is 31.7 Å². The lowest BCUT2D eigenvalue weighted by Gasteiger charge is -2.31. The van der Waals surface area contributed by atoms with Gasteiger partial charge in [-0.2, -0.15) is 0 Å². The number of hydrogen-bond acceptors (Lipinski definition) is 2. The van der Waals surface area contributed by atoms with Gasteiger partial charge in [-0.25, -0.2) is 0 Å². The van der Waals surface area contributed by atoms with E-state index in [-0.39, 0.29) is 0 Å². The molecular formula is C13H28N2. The quantitative estimate of drug-likeness (QED) is 0.759. The molecule has 0 aromatic rings. The number of hydrogen-bond donors (Lipinski definition) is 1. The van der Waals surface area contributed by atoms with Crippen molar-refractivity contribution in [3.05, 3.63) is 0 Å². The summed E-state index contributed by atoms with van der Waals surface area (Å²) in [5.74, 6) is 0.835. The second-order valence-electron chi connectivity index (χ2n) is 5.13. The van der Waals surface area contributed by atoms with Crippen molar-refractivity contribution < 1.29 is 0 Å². The zero-order valence-electron chi connectivity index (χ0n) is 10.5. The third-order valence-corrected chi connectivity index (χ3v) is 3.60. The third-order valence-electron chi connectivity index (χ3n) is 3.60. The first-order valence-corrected chi connectivity index (χ1v) is 6.72. The second kappa shape index (κ2) is 7.24. The van der Waals surface area contributed by atoms with Crippen molar-refractivity contribution in [2.45, 2.75) is 58.4 Å². The molecular weight excluding hydrogens is 184 g/mol. The molecule has 1 saturated heterocycles. The second-order valence-corrected chi connectivity index (χ2v) is 5.13. The van der Waals surface area contributed by atoms with Crippen LogP contribution in [0.25, 0.3) is 0 Å². The molecule has 0 aliphatic carbocycles. The van der Waals surface area contributed by atoms with Crippen molar-refractivity contribution in [3.8, 4) is 0 Å². The van der Waals surface area contributed by atoms with E-state index in [1.807, 2.05) is 0 Å². The Morgan fingerprint density at radius 3 is 2.80 bits per heavy atom. The Hall–Kier alpha value is -0.0800. The van der Waals surface area contributed by atoms with Gasteiger partial charge < -0.3 is 5.73 Å². The van der Waals surface area contributed by atoms with E-state index in [2.05, 4.69) is 18.7 Å². The molecule has 0 aromatic carbocycles. The molecule has 2 N–H and O–H groups in total. The Labute approximate surface area is 95.2 Å². The standard InChI is InChI=1S/C13H28N2/c1-3-7-12(2)11-15-9-6-4-5-8-13(15)10-14/h12-13H,3-11,14H2,1-2H3. The smallest absolute Gasteiger partial charge is 0.0218 e. The average Bonchev–Trinajstić information content (AvgIpc) is 2.43. The summed E-state index contributed by atoms with van der Waals surface area (Å²) in [5.41, 5.74) is 5.87. The molecule has 1 aliphatic heterocycles. The van der Waals surface area contributed by atoms with Gasteiger partial charge in [0.1, 0.15) is 0 Å². The summed E-state index contributed by atoms with van der Waals surface area (Å²) >= 11 is 0. The molecule has 1 rings (SSSR count). The van der Waals surface area contributed by atoms with Crippen LogP contribution >= 0.6 is 0 Å². The predicted molar refractivity (Wildman–Crippen MR) is 67.0 cm³/mol. The van der Waals surface area contributed by atoms with E-state index >= 15 is 0 Å². The molecule has 2 unspecified atom stereocenters. The molecule has 2 nitrogen and oxygen atoms in total. The number of nitrogens with two attached hydrogens (primary N) is 1. The zero-order valence-corrected chi connectivity index (χ0v) is 10.5. The minimum atomic E-state index is 0.659. The Kier molecular flexibility index (Phi) is 6.26. The Balaban J connectivity index is 2.40. The fraction of sp³-hybridized carbons (Fsp3) is 1.00. The maximum atomic E-state index is 5.87. The molecule has 90 valence electrons. The topological polar surface area (TPSA) is 29.3 Å². The maximum Gasteiger partial charge on any atom is 0.0218 e. The highest BCUT2D eigenvalue weighted by Gasteiger charge is 2.20. The van der Waals surface area contributed by atoms with Crippen LogP contribution in [-0.4, -0.2) is 30.6 Å². The van der Waals surface area contributed by atoms with Gasteiger partial charge >= 0.3 is 0 Å². The lowest BCUT2D eigenvalue weighted by Crippen LogP contribution is -2.42. The van der Waals surface area contributed by atoms with Gasteiger partial charge in [-0.3, -0.25) is 4.90 Å². The average molecular weight is 212 g/mol. The molecule has 1 heterocycles. The molecule has 1 fully saturated rings. The highest BCUT2D eigenvalue weighted by molar-refractivity contribution is 4.77. The van der Waals surface area contributed by atoms with Crippen molar-refractivity contribution in [2.24, 2.45) is 11.7 Å². The highest BCUT2D eigenvalue weighted by Crippen LogP contribution is 2.18. The lowest BCUT2D eigenvalue weighted by molar-refractivity contribution is 0.174. The number of nitrogens with zero attached hydrogens (tertiary/aromatic N) is 1. The summed E-state index contributed by atoms with van der Waals surface area (Å²) in [4.78, 5) is 2.65. The van der Waals surface area contributed by atoms with Gasteiger partial charge in [0.25, 0.3) is 0 Å². The molecule has 1 aliphatic rings. The molecule has 15 heavy (non-hydrogen) atoms. The van der Waals surface area contributed by atoms with Gasteiger partial charge in [0.05, 0.1) is 0 Å². The molecule has 2 heteroatoms. The van der Waals surface area contributed by atoms with Crippen LogP contribution in [0.2, 0.25) is 0 Å². The van der Waals surface area contributed by atoms with Crippen LogP contribution in [-0.2, 0) is 0 Å². The van der Waals surface area contributed by atoms with Crippen molar-refractivity contribution in [2.75, 3.05) is 19.6 Å². The van der Waals surface area contributed by atoms with Crippen LogP contribution < -0.4 is 5.73 Å². The highest BCUT2D eigenvalue weighted by atomic mass is 15.2. The van der Waals surface area contributed by atoms with E-state index in [9.17, 15) is 0 Å². The zero-order chi connectivity index (χ0) is 11.1. The molecule has 0 saturated carbocycles. The molecule has 2 atom stereocenters. The summed E-state index contributed by atoms with van der Waals surface area (Å²) in [6.07, 6.45) is 8.12. The first-order chi connectivity index (χ1) is 7.27. The van der Waals surface area contributed by atoms with E-state index < -0.39 is 0 Å². The van der Waals surface area contributed by atoms with Crippen LogP contribution in [0.5, 0.6) is 0 Å². The largest absolute Gasteiger partial charge is 0.329 e. The summed E-state index contributed by atoms with van der Waals surface area (Å²) in [7, 11) is 0. The van der Waals surface area contributed by atoms with Crippen molar-refractivity contribution in [1.82, 2.24) is 4.90 Å². The van der Waals surface area contributed by atoms with E-state index in [4.69, 9.17) is 5.73 Å². The fourth-order valence-corrected chi connectivity index (χ4v) is 2.73. The SMILES string of the molecule is CCCC(C)CN1CCCCCC1CN. The van der Waals surface area contributed by atoms with Crippen LogP contribution in [0.1, 0.15) is 52.4 Å². The van der Waals surface area contributed by atoms with Crippen LogP contribution in [0.15, 0.2) is 0 Å². The maximum absolute atomic E-state index is 5.87. The van der Waals surface area contributed by atoms with E-state index in [0.29, 0.717) is 6.04 Å². The summed E-state index contributed by atoms with van der Waals surface area (Å²) in [5, 5.41) is 0. The normalized spacial score (nSPS) is 26.2. The Morgan fingerprint density at radius 1 is 1.33 bits per heavy atom. The fourth-order valence-electron chi connectivity index (χ4n) is 2.73. The molecule has 0 radical (unpaired) electrons. The molecule has 0 bridgehead atoms. The van der Waals surface area contributed by atoms with Gasteiger partial charge in [0.2, 0.25) is 0 Å². The third kappa shape index (κ3) is 4.52. The van der Waals surface area contributed by atoms with Crippen LogP contribution in [0.4, 0.5) is 0 Å². The van der Waals surface area contributed by atoms with E-state index in [1.54, 1.807) is 0 Å². The van der Waals surface area contributed by atoms with E-state index in [0.717, 1.165) is 12.5 Å². The van der Waals surface area contributed by atoms with Crippen molar-refractivity contribution in [3.63, 3.8) is 0 Å². The van der Waals surface area contributed by atoms with Gasteiger partial charge in [0, 0.05) is 19.1 Å². The monoisotopic (exact) mass is 212 g/mol. The first-order valence-electron chi connectivity index (χ1n) is 6.72.